The summed E-state index contributed by atoms with van der Waals surface area (Å²) in [6.07, 6.45) is 1.93. The van der Waals surface area contributed by atoms with Gasteiger partial charge in [-0.3, -0.25) is 9.59 Å². The number of rotatable bonds is 6. The van der Waals surface area contributed by atoms with Crippen LogP contribution >= 0.6 is 22.7 Å². The maximum absolute atomic E-state index is 12.2. The lowest BCUT2D eigenvalue weighted by molar-refractivity contribution is -0.125. The van der Waals surface area contributed by atoms with Crippen molar-refractivity contribution in [3.8, 4) is 0 Å². The van der Waals surface area contributed by atoms with Gasteiger partial charge in [-0.2, -0.15) is 0 Å². The zero-order chi connectivity index (χ0) is 16.9. The molecule has 0 aliphatic carbocycles. The molecule has 0 fully saturated rings. The molecule has 0 saturated carbocycles. The third-order valence-corrected chi connectivity index (χ3v) is 4.88. The summed E-state index contributed by atoms with van der Waals surface area (Å²) < 4.78 is 0. The van der Waals surface area contributed by atoms with Gasteiger partial charge >= 0.3 is 0 Å². The summed E-state index contributed by atoms with van der Waals surface area (Å²) in [5.74, 6) is -0.314. The number of hydrogen-bond acceptors (Lipinski definition) is 5. The van der Waals surface area contributed by atoms with Gasteiger partial charge in [0.25, 0.3) is 0 Å². The maximum atomic E-state index is 12.2. The molecular formula is C16H21N3O2S2. The lowest BCUT2D eigenvalue weighted by Gasteiger charge is -2.30. The number of thiazole rings is 1. The monoisotopic (exact) mass is 351 g/mol. The number of nitrogens with zero attached hydrogens (tertiary/aromatic N) is 1. The minimum absolute atomic E-state index is 0.0583. The fraction of sp³-hybridized carbons (Fsp3) is 0.438. The molecule has 124 valence electrons. The minimum atomic E-state index is -0.196. The van der Waals surface area contributed by atoms with Crippen molar-refractivity contribution in [3.05, 3.63) is 34.0 Å². The van der Waals surface area contributed by atoms with E-state index in [1.807, 2.05) is 17.5 Å². The first-order valence-electron chi connectivity index (χ1n) is 7.38. The zero-order valence-corrected chi connectivity index (χ0v) is 15.1. The molecule has 1 atom stereocenters. The molecule has 2 aromatic heterocycles. The number of nitrogens with one attached hydrogen (secondary N) is 2. The highest BCUT2D eigenvalue weighted by Crippen LogP contribution is 2.35. The highest BCUT2D eigenvalue weighted by molar-refractivity contribution is 7.13. The molecule has 1 unspecified atom stereocenters. The van der Waals surface area contributed by atoms with Crippen LogP contribution in [0.25, 0.3) is 0 Å². The van der Waals surface area contributed by atoms with E-state index in [-0.39, 0.29) is 36.1 Å². The fourth-order valence-corrected chi connectivity index (χ4v) is 3.66. The first-order chi connectivity index (χ1) is 10.9. The normalized spacial score (nSPS) is 12.7. The molecule has 2 amide bonds. The van der Waals surface area contributed by atoms with E-state index < -0.39 is 0 Å². The average Bonchev–Trinajstić information content (AvgIpc) is 3.14. The average molecular weight is 351 g/mol. The maximum Gasteiger partial charge on any atom is 0.226 e. The van der Waals surface area contributed by atoms with Crippen molar-refractivity contribution < 1.29 is 9.59 Å². The summed E-state index contributed by atoms with van der Waals surface area (Å²) in [6.45, 7) is 6.27. The summed E-state index contributed by atoms with van der Waals surface area (Å²) in [6, 6.07) is 3.94. The van der Waals surface area contributed by atoms with Crippen LogP contribution < -0.4 is 10.6 Å². The van der Waals surface area contributed by atoms with Crippen LogP contribution in [0.5, 0.6) is 0 Å². The molecule has 0 radical (unpaired) electrons. The van der Waals surface area contributed by atoms with E-state index in [0.29, 0.717) is 5.13 Å². The lowest BCUT2D eigenvalue weighted by atomic mass is 9.85. The molecule has 0 saturated heterocycles. The van der Waals surface area contributed by atoms with Crippen molar-refractivity contribution >= 4 is 39.6 Å². The second kappa shape index (κ2) is 7.70. The number of anilines is 1. The van der Waals surface area contributed by atoms with Crippen LogP contribution in [0.15, 0.2) is 29.1 Å². The van der Waals surface area contributed by atoms with Crippen LogP contribution in [-0.4, -0.2) is 16.8 Å². The Kier molecular flexibility index (Phi) is 5.90. The predicted molar refractivity (Wildman–Crippen MR) is 94.6 cm³/mol. The number of thiophene rings is 1. The summed E-state index contributed by atoms with van der Waals surface area (Å²) >= 11 is 2.98. The van der Waals surface area contributed by atoms with E-state index in [1.54, 1.807) is 22.9 Å². The molecule has 7 heteroatoms. The molecule has 2 rings (SSSR count). The lowest BCUT2D eigenvalue weighted by Crippen LogP contribution is -2.36. The van der Waals surface area contributed by atoms with Gasteiger partial charge in [0, 0.05) is 29.3 Å². The third-order valence-electron chi connectivity index (χ3n) is 3.26. The Balaban J connectivity index is 1.86. The summed E-state index contributed by atoms with van der Waals surface area (Å²) in [4.78, 5) is 29.1. The van der Waals surface area contributed by atoms with Crippen LogP contribution in [0.2, 0.25) is 0 Å². The molecule has 2 N–H and O–H groups in total. The van der Waals surface area contributed by atoms with Crippen LogP contribution in [0.1, 0.15) is 44.5 Å². The Morgan fingerprint density at radius 3 is 2.48 bits per heavy atom. The Bertz CT molecular complexity index is 631. The molecule has 0 aliphatic rings. The van der Waals surface area contributed by atoms with Crippen LogP contribution in [-0.2, 0) is 9.59 Å². The number of hydrogen-bond donors (Lipinski definition) is 2. The molecule has 5 nitrogen and oxygen atoms in total. The van der Waals surface area contributed by atoms with Crippen LogP contribution in [0, 0.1) is 5.41 Å². The van der Waals surface area contributed by atoms with Crippen molar-refractivity contribution in [2.24, 2.45) is 5.41 Å². The van der Waals surface area contributed by atoms with Gasteiger partial charge in [-0.1, -0.05) is 26.8 Å². The Hall–Kier alpha value is -1.73. The van der Waals surface area contributed by atoms with Crippen LogP contribution in [0.3, 0.4) is 0 Å². The number of carbonyl (C=O) groups excluding carboxylic acids is 2. The van der Waals surface area contributed by atoms with E-state index in [4.69, 9.17) is 0 Å². The van der Waals surface area contributed by atoms with Gasteiger partial charge in [0.15, 0.2) is 5.13 Å². The number of aromatic nitrogens is 1. The van der Waals surface area contributed by atoms with E-state index in [2.05, 4.69) is 36.4 Å². The Morgan fingerprint density at radius 2 is 1.91 bits per heavy atom. The smallest absolute Gasteiger partial charge is 0.226 e. The predicted octanol–water partition coefficient (Wildman–Crippen LogP) is 3.83. The molecule has 2 heterocycles. The van der Waals surface area contributed by atoms with E-state index in [9.17, 15) is 9.59 Å². The molecule has 0 spiro atoms. The third kappa shape index (κ3) is 5.44. The quantitative estimate of drug-likeness (QED) is 0.831. The first kappa shape index (κ1) is 17.6. The van der Waals surface area contributed by atoms with Crippen molar-refractivity contribution in [1.29, 1.82) is 0 Å². The van der Waals surface area contributed by atoms with E-state index in [0.717, 1.165) is 4.88 Å². The highest BCUT2D eigenvalue weighted by atomic mass is 32.1. The van der Waals surface area contributed by atoms with Crippen molar-refractivity contribution in [2.75, 3.05) is 5.32 Å². The van der Waals surface area contributed by atoms with Crippen molar-refractivity contribution in [2.45, 2.75) is 39.7 Å². The van der Waals surface area contributed by atoms with Gasteiger partial charge in [-0.15, -0.1) is 22.7 Å². The molecular weight excluding hydrogens is 330 g/mol. The largest absolute Gasteiger partial charge is 0.348 e. The van der Waals surface area contributed by atoms with Gasteiger partial charge in [-0.25, -0.2) is 4.98 Å². The molecule has 0 aromatic carbocycles. The molecule has 0 aliphatic heterocycles. The molecule has 0 bridgehead atoms. The molecule has 23 heavy (non-hydrogen) atoms. The number of amides is 2. The van der Waals surface area contributed by atoms with Gasteiger partial charge in [-0.05, 0) is 16.9 Å². The summed E-state index contributed by atoms with van der Waals surface area (Å²) in [7, 11) is 0. The summed E-state index contributed by atoms with van der Waals surface area (Å²) in [5.41, 5.74) is -0.0936. The van der Waals surface area contributed by atoms with E-state index in [1.165, 1.54) is 11.3 Å². The van der Waals surface area contributed by atoms with Gasteiger partial charge in [0.1, 0.15) is 0 Å². The van der Waals surface area contributed by atoms with Crippen molar-refractivity contribution in [3.63, 3.8) is 0 Å². The molecule has 2 aromatic rings. The first-order valence-corrected chi connectivity index (χ1v) is 9.14. The number of carbonyl (C=O) groups is 2. The van der Waals surface area contributed by atoms with E-state index >= 15 is 0 Å². The topological polar surface area (TPSA) is 71.1 Å². The van der Waals surface area contributed by atoms with Gasteiger partial charge in [0.2, 0.25) is 11.8 Å². The van der Waals surface area contributed by atoms with Crippen LogP contribution in [0.4, 0.5) is 5.13 Å². The Morgan fingerprint density at radius 1 is 1.17 bits per heavy atom. The second-order valence-electron chi connectivity index (χ2n) is 6.27. The SMILES string of the molecule is CC(C)(C)C(NC(=O)CCC(=O)Nc1nccs1)c1cccs1. The highest BCUT2D eigenvalue weighted by Gasteiger charge is 2.28. The summed E-state index contributed by atoms with van der Waals surface area (Å²) in [5, 5.41) is 10.1. The Labute approximate surface area is 144 Å². The minimum Gasteiger partial charge on any atom is -0.348 e. The van der Waals surface area contributed by atoms with Crippen molar-refractivity contribution in [1.82, 2.24) is 10.3 Å². The fourth-order valence-electron chi connectivity index (χ4n) is 2.10. The van der Waals surface area contributed by atoms with Gasteiger partial charge in [0.05, 0.1) is 6.04 Å². The standard InChI is InChI=1S/C16H21N3O2S2/c1-16(2,3)14(11-5-4-9-22-11)18-12(20)6-7-13(21)19-15-17-8-10-23-15/h4-5,8-10,14H,6-7H2,1-3H3,(H,18,20)(H,17,19,21). The zero-order valence-electron chi connectivity index (χ0n) is 13.5. The van der Waals surface area contributed by atoms with Gasteiger partial charge < -0.3 is 10.6 Å². The second-order valence-corrected chi connectivity index (χ2v) is 8.14.